The molecule has 1 unspecified atom stereocenters. The highest BCUT2D eigenvalue weighted by Crippen LogP contribution is 2.32. The van der Waals surface area contributed by atoms with Crippen LogP contribution in [0.25, 0.3) is 0 Å². The molecule has 5 nitrogen and oxygen atoms in total. The normalized spacial score (nSPS) is 15.1. The van der Waals surface area contributed by atoms with E-state index in [-0.39, 0.29) is 17.6 Å². The summed E-state index contributed by atoms with van der Waals surface area (Å²) >= 11 is 0. The number of hydrogen-bond acceptors (Lipinski definition) is 4. The molecule has 6 heteroatoms. The molecule has 30 heavy (non-hydrogen) atoms. The van der Waals surface area contributed by atoms with Crippen LogP contribution in [0.5, 0.6) is 11.5 Å². The first-order valence-electron chi connectivity index (χ1n) is 9.99. The Balaban J connectivity index is 1.59. The van der Waals surface area contributed by atoms with Gasteiger partial charge in [-0.25, -0.2) is 4.39 Å². The number of nitrogens with zero attached hydrogens (tertiary/aromatic N) is 2. The molecule has 1 amide bonds. The highest BCUT2D eigenvalue weighted by Gasteiger charge is 2.31. The topological polar surface area (TPSA) is 51.7 Å². The molecule has 1 atom stereocenters. The number of halogens is 1. The van der Waals surface area contributed by atoms with Crippen molar-refractivity contribution in [1.82, 2.24) is 4.98 Å². The number of benzene rings is 2. The monoisotopic (exact) mass is 406 g/mol. The van der Waals surface area contributed by atoms with Gasteiger partial charge in [-0.1, -0.05) is 6.07 Å². The fourth-order valence-electron chi connectivity index (χ4n) is 3.58. The molecular formula is C24H23FN2O3. The van der Waals surface area contributed by atoms with Crippen LogP contribution in [0.4, 0.5) is 10.1 Å². The second-order valence-electron chi connectivity index (χ2n) is 7.14. The summed E-state index contributed by atoms with van der Waals surface area (Å²) < 4.78 is 24.9. The van der Waals surface area contributed by atoms with E-state index in [1.807, 2.05) is 43.3 Å². The van der Waals surface area contributed by atoms with Crippen LogP contribution in [0.3, 0.4) is 0 Å². The van der Waals surface area contributed by atoms with Crippen molar-refractivity contribution in [1.29, 1.82) is 0 Å². The molecule has 2 heterocycles. The third-order valence-electron chi connectivity index (χ3n) is 5.05. The van der Waals surface area contributed by atoms with Crippen LogP contribution in [-0.4, -0.2) is 24.1 Å². The molecule has 3 aromatic rings. The number of fused-ring (bicyclic) bond motifs is 1. The van der Waals surface area contributed by atoms with Gasteiger partial charge in [0, 0.05) is 11.9 Å². The number of aromatic nitrogens is 1. The number of pyridine rings is 1. The molecule has 1 aliphatic rings. The van der Waals surface area contributed by atoms with E-state index in [2.05, 4.69) is 4.98 Å². The molecule has 0 bridgehead atoms. The average molecular weight is 406 g/mol. The first-order chi connectivity index (χ1) is 14.6. The zero-order chi connectivity index (χ0) is 20.9. The lowest BCUT2D eigenvalue weighted by Gasteiger charge is -2.30. The summed E-state index contributed by atoms with van der Waals surface area (Å²) in [6.45, 7) is 3.10. The van der Waals surface area contributed by atoms with E-state index in [1.54, 1.807) is 23.2 Å². The zero-order valence-electron chi connectivity index (χ0n) is 16.8. The zero-order valence-corrected chi connectivity index (χ0v) is 16.8. The van der Waals surface area contributed by atoms with Gasteiger partial charge in [0.25, 0.3) is 0 Å². The van der Waals surface area contributed by atoms with Gasteiger partial charge in [-0.2, -0.15) is 0 Å². The largest absolute Gasteiger partial charge is 0.494 e. The van der Waals surface area contributed by atoms with E-state index < -0.39 is 0 Å². The maximum Gasteiger partial charge on any atom is 0.234 e. The first-order valence-corrected chi connectivity index (χ1v) is 9.99. The number of carbonyl (C=O) groups is 1. The number of carbonyl (C=O) groups excluding carboxylic acids is 1. The number of rotatable bonds is 6. The highest BCUT2D eigenvalue weighted by molar-refractivity contribution is 5.95. The smallest absolute Gasteiger partial charge is 0.234 e. The van der Waals surface area contributed by atoms with Crippen LogP contribution in [-0.2, 0) is 17.8 Å². The third kappa shape index (κ3) is 4.43. The molecule has 1 aromatic heterocycles. The Kier molecular flexibility index (Phi) is 5.93. The molecule has 0 saturated carbocycles. The van der Waals surface area contributed by atoms with E-state index in [9.17, 15) is 9.18 Å². The Bertz CT molecular complexity index is 1010. The minimum absolute atomic E-state index is 0.0836. The standard InChI is InChI=1S/C24H23FN2O3/c1-2-29-22-10-11-23-17(14-22)13-18(16-30-23)24(28)27(15-20-5-3-4-12-26-20)21-8-6-19(25)7-9-21/h3-12,14,18H,2,13,15-16H2,1H3. The molecule has 1 aliphatic heterocycles. The summed E-state index contributed by atoms with van der Waals surface area (Å²) in [6.07, 6.45) is 2.24. The van der Waals surface area contributed by atoms with Gasteiger partial charge >= 0.3 is 0 Å². The quantitative estimate of drug-likeness (QED) is 0.609. The van der Waals surface area contributed by atoms with Crippen molar-refractivity contribution in [2.24, 2.45) is 5.92 Å². The Labute approximate surface area is 175 Å². The summed E-state index contributed by atoms with van der Waals surface area (Å²) in [5.74, 6) is 0.752. The first kappa shape index (κ1) is 19.9. The van der Waals surface area contributed by atoms with Crippen LogP contribution in [0.2, 0.25) is 0 Å². The second-order valence-corrected chi connectivity index (χ2v) is 7.14. The Morgan fingerprint density at radius 1 is 1.20 bits per heavy atom. The van der Waals surface area contributed by atoms with Crippen LogP contribution in [0.15, 0.2) is 66.9 Å². The van der Waals surface area contributed by atoms with Gasteiger partial charge in [-0.3, -0.25) is 9.78 Å². The van der Waals surface area contributed by atoms with Crippen molar-refractivity contribution in [3.63, 3.8) is 0 Å². The van der Waals surface area contributed by atoms with Crippen LogP contribution in [0.1, 0.15) is 18.2 Å². The fourth-order valence-corrected chi connectivity index (χ4v) is 3.58. The number of hydrogen-bond donors (Lipinski definition) is 0. The van der Waals surface area contributed by atoms with Crippen molar-refractivity contribution < 1.29 is 18.7 Å². The van der Waals surface area contributed by atoms with Crippen molar-refractivity contribution in [2.75, 3.05) is 18.1 Å². The molecule has 0 radical (unpaired) electrons. The van der Waals surface area contributed by atoms with Crippen molar-refractivity contribution in [3.05, 3.63) is 83.9 Å². The van der Waals surface area contributed by atoms with E-state index in [0.717, 1.165) is 22.8 Å². The van der Waals surface area contributed by atoms with Gasteiger partial charge in [-0.05, 0) is 73.5 Å². The van der Waals surface area contributed by atoms with Gasteiger partial charge in [0.15, 0.2) is 0 Å². The number of ether oxygens (including phenoxy) is 2. The van der Waals surface area contributed by atoms with Gasteiger partial charge in [0.1, 0.15) is 23.9 Å². The molecule has 0 saturated heterocycles. The summed E-state index contributed by atoms with van der Waals surface area (Å²) in [7, 11) is 0. The average Bonchev–Trinajstić information content (AvgIpc) is 2.78. The van der Waals surface area contributed by atoms with E-state index >= 15 is 0 Å². The minimum Gasteiger partial charge on any atom is -0.494 e. The minimum atomic E-state index is -0.358. The van der Waals surface area contributed by atoms with Gasteiger partial charge < -0.3 is 14.4 Å². The lowest BCUT2D eigenvalue weighted by atomic mass is 9.95. The second kappa shape index (κ2) is 8.95. The SMILES string of the molecule is CCOc1ccc2c(c1)CC(C(=O)N(Cc1ccccn1)c1ccc(F)cc1)CO2. The van der Waals surface area contributed by atoms with E-state index in [4.69, 9.17) is 9.47 Å². The van der Waals surface area contributed by atoms with E-state index in [0.29, 0.717) is 31.9 Å². The summed E-state index contributed by atoms with van der Waals surface area (Å²) in [6, 6.07) is 17.2. The summed E-state index contributed by atoms with van der Waals surface area (Å²) in [5, 5.41) is 0. The van der Waals surface area contributed by atoms with Crippen LogP contribution in [0, 0.1) is 11.7 Å². The van der Waals surface area contributed by atoms with Crippen LogP contribution >= 0.6 is 0 Å². The van der Waals surface area contributed by atoms with Gasteiger partial charge in [-0.15, -0.1) is 0 Å². The third-order valence-corrected chi connectivity index (χ3v) is 5.05. The van der Waals surface area contributed by atoms with Crippen molar-refractivity contribution >= 4 is 11.6 Å². The van der Waals surface area contributed by atoms with E-state index in [1.165, 1.54) is 12.1 Å². The Morgan fingerprint density at radius 3 is 2.77 bits per heavy atom. The lowest BCUT2D eigenvalue weighted by Crippen LogP contribution is -2.40. The Hall–Kier alpha value is -3.41. The maximum atomic E-state index is 13.5. The lowest BCUT2D eigenvalue weighted by molar-refractivity contribution is -0.123. The predicted octanol–water partition coefficient (Wildman–Crippen LogP) is 4.40. The summed E-state index contributed by atoms with van der Waals surface area (Å²) in [5.41, 5.74) is 2.33. The maximum absolute atomic E-state index is 13.5. The van der Waals surface area contributed by atoms with Crippen LogP contribution < -0.4 is 14.4 Å². The molecule has 0 N–H and O–H groups in total. The molecule has 0 aliphatic carbocycles. The fraction of sp³-hybridized carbons (Fsp3) is 0.250. The van der Waals surface area contributed by atoms with Crippen molar-refractivity contribution in [2.45, 2.75) is 19.9 Å². The molecule has 0 fully saturated rings. The molecule has 4 rings (SSSR count). The molecule has 0 spiro atoms. The molecule has 2 aromatic carbocycles. The van der Waals surface area contributed by atoms with Crippen molar-refractivity contribution in [3.8, 4) is 11.5 Å². The highest BCUT2D eigenvalue weighted by atomic mass is 19.1. The Morgan fingerprint density at radius 2 is 2.03 bits per heavy atom. The predicted molar refractivity (Wildman–Crippen MR) is 112 cm³/mol. The summed E-state index contributed by atoms with van der Waals surface area (Å²) in [4.78, 5) is 19.5. The van der Waals surface area contributed by atoms with Gasteiger partial charge in [0.2, 0.25) is 5.91 Å². The molecule has 154 valence electrons. The van der Waals surface area contributed by atoms with Gasteiger partial charge in [0.05, 0.1) is 24.8 Å². The number of amides is 1. The number of anilines is 1. The molecular weight excluding hydrogens is 383 g/mol.